The van der Waals surface area contributed by atoms with Gasteiger partial charge in [0, 0.05) is 17.0 Å². The topological polar surface area (TPSA) is 15.6 Å². The Kier molecular flexibility index (Phi) is 3.85. The van der Waals surface area contributed by atoms with Gasteiger partial charge in [-0.15, -0.1) is 0 Å². The van der Waals surface area contributed by atoms with Crippen LogP contribution in [0.25, 0.3) is 5.70 Å². The molecule has 0 aromatic heterocycles. The van der Waals surface area contributed by atoms with Gasteiger partial charge in [-0.3, -0.25) is 4.99 Å². The van der Waals surface area contributed by atoms with E-state index in [9.17, 15) is 0 Å². The summed E-state index contributed by atoms with van der Waals surface area (Å²) < 4.78 is 0. The fraction of sp³-hybridized carbons (Fsp3) is 0.250. The molecule has 1 aromatic carbocycles. The summed E-state index contributed by atoms with van der Waals surface area (Å²) >= 11 is 7.74. The standard InChI is InChI=1S/C12H11ClN2S.BrH/c1-8-6-9(2-3-10(8)13)11-7-16-12-14-4-5-15(11)12;/h2-3,6-7H,4-5H2,1H3;1H/p-1. The number of halogens is 2. The number of amidine groups is 1. The molecular formula is C12H11BrClN2S-. The van der Waals surface area contributed by atoms with E-state index in [4.69, 9.17) is 11.6 Å². The van der Waals surface area contributed by atoms with E-state index in [2.05, 4.69) is 27.4 Å². The summed E-state index contributed by atoms with van der Waals surface area (Å²) in [6.45, 7) is 3.94. The van der Waals surface area contributed by atoms with Crippen LogP contribution in [0.2, 0.25) is 5.02 Å². The first-order chi connectivity index (χ1) is 7.75. The second-order valence-electron chi connectivity index (χ2n) is 3.90. The van der Waals surface area contributed by atoms with Gasteiger partial charge >= 0.3 is 0 Å². The van der Waals surface area contributed by atoms with E-state index in [1.165, 1.54) is 11.3 Å². The van der Waals surface area contributed by atoms with Crippen LogP contribution >= 0.6 is 23.4 Å². The van der Waals surface area contributed by atoms with Gasteiger partial charge in [-0.1, -0.05) is 29.4 Å². The van der Waals surface area contributed by atoms with Gasteiger partial charge in [-0.25, -0.2) is 0 Å². The zero-order valence-corrected chi connectivity index (χ0v) is 12.4. The molecule has 5 heteroatoms. The predicted octanol–water partition coefficient (Wildman–Crippen LogP) is 0.369. The summed E-state index contributed by atoms with van der Waals surface area (Å²) in [5, 5.41) is 4.12. The van der Waals surface area contributed by atoms with Crippen LogP contribution in [-0.2, 0) is 0 Å². The maximum atomic E-state index is 6.04. The van der Waals surface area contributed by atoms with Gasteiger partial charge < -0.3 is 21.9 Å². The molecule has 17 heavy (non-hydrogen) atoms. The van der Waals surface area contributed by atoms with Crippen molar-refractivity contribution in [3.8, 4) is 0 Å². The molecule has 0 amide bonds. The minimum absolute atomic E-state index is 0. The molecule has 0 saturated carbocycles. The molecule has 3 rings (SSSR count). The minimum atomic E-state index is 0. The molecule has 2 aliphatic rings. The lowest BCUT2D eigenvalue weighted by molar-refractivity contribution is -0.00000309. The van der Waals surface area contributed by atoms with Crippen LogP contribution in [0.4, 0.5) is 0 Å². The average molecular weight is 331 g/mol. The van der Waals surface area contributed by atoms with Gasteiger partial charge in [0.2, 0.25) is 0 Å². The molecule has 90 valence electrons. The van der Waals surface area contributed by atoms with Crippen LogP contribution in [0.15, 0.2) is 28.6 Å². The molecule has 2 heterocycles. The molecule has 0 radical (unpaired) electrons. The molecule has 0 bridgehead atoms. The summed E-state index contributed by atoms with van der Waals surface area (Å²) in [4.78, 5) is 6.71. The highest BCUT2D eigenvalue weighted by Crippen LogP contribution is 2.35. The number of hydrogen-bond acceptors (Lipinski definition) is 3. The zero-order valence-electron chi connectivity index (χ0n) is 9.28. The third-order valence-electron chi connectivity index (χ3n) is 2.82. The first-order valence-corrected chi connectivity index (χ1v) is 6.47. The highest BCUT2D eigenvalue weighted by molar-refractivity contribution is 8.16. The summed E-state index contributed by atoms with van der Waals surface area (Å²) in [7, 11) is 0. The molecule has 0 unspecified atom stereocenters. The van der Waals surface area contributed by atoms with Crippen molar-refractivity contribution in [2.45, 2.75) is 6.92 Å². The Hall–Kier alpha value is -0.450. The zero-order chi connectivity index (χ0) is 11.1. The highest BCUT2D eigenvalue weighted by Gasteiger charge is 2.26. The fourth-order valence-electron chi connectivity index (χ4n) is 1.95. The number of hydrogen-bond donors (Lipinski definition) is 0. The summed E-state index contributed by atoms with van der Waals surface area (Å²) in [6.07, 6.45) is 0. The van der Waals surface area contributed by atoms with Crippen LogP contribution in [0.5, 0.6) is 0 Å². The van der Waals surface area contributed by atoms with Crippen molar-refractivity contribution in [2.24, 2.45) is 4.99 Å². The van der Waals surface area contributed by atoms with E-state index < -0.39 is 0 Å². The summed E-state index contributed by atoms with van der Waals surface area (Å²) in [6, 6.07) is 6.17. The van der Waals surface area contributed by atoms with Crippen molar-refractivity contribution < 1.29 is 17.0 Å². The van der Waals surface area contributed by atoms with Gasteiger partial charge in [0.05, 0.1) is 12.2 Å². The number of aryl methyl sites for hydroxylation is 1. The van der Waals surface area contributed by atoms with Crippen LogP contribution in [0.3, 0.4) is 0 Å². The van der Waals surface area contributed by atoms with Crippen molar-refractivity contribution >= 4 is 34.2 Å². The Morgan fingerprint density at radius 3 is 3.00 bits per heavy atom. The Balaban J connectivity index is 0.00000108. The van der Waals surface area contributed by atoms with Gasteiger partial charge in [-0.05, 0) is 30.2 Å². The third-order valence-corrected chi connectivity index (χ3v) is 4.15. The second-order valence-corrected chi connectivity index (χ2v) is 5.14. The molecule has 0 atom stereocenters. The Morgan fingerprint density at radius 2 is 2.24 bits per heavy atom. The molecule has 0 N–H and O–H groups in total. The largest absolute Gasteiger partial charge is 1.00 e. The quantitative estimate of drug-likeness (QED) is 0.739. The molecule has 2 aliphatic heterocycles. The molecular weight excluding hydrogens is 320 g/mol. The smallest absolute Gasteiger partial charge is 0.168 e. The van der Waals surface area contributed by atoms with E-state index in [1.807, 2.05) is 13.0 Å². The fourth-order valence-corrected chi connectivity index (χ4v) is 3.03. The van der Waals surface area contributed by atoms with Crippen molar-refractivity contribution in [1.82, 2.24) is 4.90 Å². The molecule has 0 spiro atoms. The first-order valence-electron chi connectivity index (χ1n) is 5.21. The first kappa shape index (κ1) is 13.0. The van der Waals surface area contributed by atoms with Crippen molar-refractivity contribution in [2.75, 3.05) is 13.1 Å². The normalized spacial score (nSPS) is 17.4. The van der Waals surface area contributed by atoms with Crippen LogP contribution < -0.4 is 17.0 Å². The van der Waals surface area contributed by atoms with Gasteiger partial charge in [0.15, 0.2) is 5.17 Å². The van der Waals surface area contributed by atoms with Crippen molar-refractivity contribution in [3.63, 3.8) is 0 Å². The van der Waals surface area contributed by atoms with Gasteiger partial charge in [0.25, 0.3) is 0 Å². The van der Waals surface area contributed by atoms with Crippen LogP contribution in [-0.4, -0.2) is 23.2 Å². The predicted molar refractivity (Wildman–Crippen MR) is 70.8 cm³/mol. The molecule has 1 aromatic rings. The average Bonchev–Trinajstić information content (AvgIpc) is 2.83. The van der Waals surface area contributed by atoms with E-state index in [1.54, 1.807) is 11.8 Å². The number of fused-ring (bicyclic) bond motifs is 1. The van der Waals surface area contributed by atoms with Crippen LogP contribution in [0, 0.1) is 6.92 Å². The summed E-state index contributed by atoms with van der Waals surface area (Å²) in [5.74, 6) is 0. The van der Waals surface area contributed by atoms with Gasteiger partial charge in [0.1, 0.15) is 0 Å². The van der Waals surface area contributed by atoms with Crippen molar-refractivity contribution in [1.29, 1.82) is 0 Å². The molecule has 0 saturated heterocycles. The van der Waals surface area contributed by atoms with E-state index in [0.717, 1.165) is 28.8 Å². The SMILES string of the molecule is Cc1cc(C2=CSC3=NCCN23)ccc1Cl.[Br-]. The lowest BCUT2D eigenvalue weighted by atomic mass is 10.1. The third kappa shape index (κ3) is 2.26. The molecule has 2 nitrogen and oxygen atoms in total. The number of benzene rings is 1. The number of thioether (sulfide) groups is 1. The van der Waals surface area contributed by atoms with Gasteiger partial charge in [-0.2, -0.15) is 0 Å². The molecule has 0 aliphatic carbocycles. The Morgan fingerprint density at radius 1 is 1.41 bits per heavy atom. The van der Waals surface area contributed by atoms with Crippen molar-refractivity contribution in [3.05, 3.63) is 39.8 Å². The Bertz CT molecular complexity index is 513. The lowest BCUT2D eigenvalue weighted by Crippen LogP contribution is -3.00. The number of aliphatic imine (C=N–C) groups is 1. The van der Waals surface area contributed by atoms with E-state index in [0.29, 0.717) is 0 Å². The second kappa shape index (κ2) is 5.04. The lowest BCUT2D eigenvalue weighted by Gasteiger charge is -2.17. The van der Waals surface area contributed by atoms with E-state index in [-0.39, 0.29) is 17.0 Å². The maximum absolute atomic E-state index is 6.04. The van der Waals surface area contributed by atoms with E-state index >= 15 is 0 Å². The van der Waals surface area contributed by atoms with Crippen LogP contribution in [0.1, 0.15) is 11.1 Å². The Labute approximate surface area is 121 Å². The summed E-state index contributed by atoms with van der Waals surface area (Å²) in [5.41, 5.74) is 3.59. The number of rotatable bonds is 1. The maximum Gasteiger partial charge on any atom is 0.168 e. The monoisotopic (exact) mass is 329 g/mol. The highest BCUT2D eigenvalue weighted by atomic mass is 79.9. The number of nitrogens with zero attached hydrogens (tertiary/aromatic N) is 2. The minimum Gasteiger partial charge on any atom is -1.00 e. The molecule has 0 fully saturated rings.